The highest BCUT2D eigenvalue weighted by Crippen LogP contribution is 2.47. The predicted octanol–water partition coefficient (Wildman–Crippen LogP) is 2.40. The van der Waals surface area contributed by atoms with Gasteiger partial charge in [0.05, 0.1) is 0 Å². The quantitative estimate of drug-likeness (QED) is 0.640. The van der Waals surface area contributed by atoms with Crippen LogP contribution in [0, 0.1) is 5.41 Å². The van der Waals surface area contributed by atoms with Gasteiger partial charge in [0.25, 0.3) is 0 Å². The van der Waals surface area contributed by atoms with Crippen LogP contribution >= 0.6 is 0 Å². The van der Waals surface area contributed by atoms with Crippen molar-refractivity contribution in [2.24, 2.45) is 5.41 Å². The number of carbonyl (C=O) groups excluding carboxylic acids is 2. The third-order valence-corrected chi connectivity index (χ3v) is 3.89. The molecule has 3 heteroatoms. The first-order chi connectivity index (χ1) is 7.52. The fraction of sp³-hybridized carbons (Fsp3) is 0.692. The Morgan fingerprint density at radius 1 is 1.50 bits per heavy atom. The van der Waals surface area contributed by atoms with Crippen molar-refractivity contribution in [3.63, 3.8) is 0 Å². The normalized spacial score (nSPS) is 34.0. The Labute approximate surface area is 95.9 Å². The second-order valence-electron chi connectivity index (χ2n) is 5.04. The van der Waals surface area contributed by atoms with Crippen LogP contribution in [0.4, 0.5) is 0 Å². The van der Waals surface area contributed by atoms with Crippen LogP contribution in [0.25, 0.3) is 0 Å². The van der Waals surface area contributed by atoms with E-state index in [1.807, 2.05) is 0 Å². The Bertz CT molecular complexity index is 356. The third-order valence-electron chi connectivity index (χ3n) is 3.89. The van der Waals surface area contributed by atoms with Gasteiger partial charge in [0, 0.05) is 18.8 Å². The lowest BCUT2D eigenvalue weighted by Gasteiger charge is -2.44. The van der Waals surface area contributed by atoms with Crippen LogP contribution in [-0.2, 0) is 14.3 Å². The Balaban J connectivity index is 2.26. The number of fused-ring (bicyclic) bond motifs is 1. The highest BCUT2D eigenvalue weighted by Gasteiger charge is 2.44. The molecule has 0 aromatic heterocycles. The average molecular weight is 222 g/mol. The van der Waals surface area contributed by atoms with Crippen LogP contribution in [0.5, 0.6) is 0 Å². The molecule has 0 aromatic carbocycles. The molecule has 16 heavy (non-hydrogen) atoms. The first kappa shape index (κ1) is 11.4. The van der Waals surface area contributed by atoms with Crippen molar-refractivity contribution < 1.29 is 14.3 Å². The second kappa shape index (κ2) is 4.04. The lowest BCUT2D eigenvalue weighted by atomic mass is 9.64. The van der Waals surface area contributed by atoms with E-state index < -0.39 is 0 Å². The number of hydrogen-bond acceptors (Lipinski definition) is 3. The molecule has 0 spiro atoms. The standard InChI is InChI=1S/C13H18O3/c1-9(14)16-12-5-3-4-10-8-11(15)6-7-13(10,12)2/h8,12H,3-7H2,1-2H3/t12-,13-/m0/s1. The topological polar surface area (TPSA) is 43.4 Å². The molecule has 0 N–H and O–H groups in total. The van der Waals surface area contributed by atoms with Crippen LogP contribution in [0.2, 0.25) is 0 Å². The monoisotopic (exact) mass is 222 g/mol. The summed E-state index contributed by atoms with van der Waals surface area (Å²) in [4.78, 5) is 22.5. The summed E-state index contributed by atoms with van der Waals surface area (Å²) in [6, 6.07) is 0. The summed E-state index contributed by atoms with van der Waals surface area (Å²) in [5, 5.41) is 0. The van der Waals surface area contributed by atoms with E-state index in [9.17, 15) is 9.59 Å². The van der Waals surface area contributed by atoms with Gasteiger partial charge in [0.15, 0.2) is 5.78 Å². The van der Waals surface area contributed by atoms with Crippen molar-refractivity contribution in [2.75, 3.05) is 0 Å². The van der Waals surface area contributed by atoms with Crippen molar-refractivity contribution in [1.29, 1.82) is 0 Å². The van der Waals surface area contributed by atoms with Crippen LogP contribution in [0.3, 0.4) is 0 Å². The minimum Gasteiger partial charge on any atom is -0.462 e. The summed E-state index contributed by atoms with van der Waals surface area (Å²) in [5.74, 6) is 0.000301. The number of esters is 1. The van der Waals surface area contributed by atoms with Gasteiger partial charge in [-0.1, -0.05) is 12.5 Å². The van der Waals surface area contributed by atoms with Gasteiger partial charge >= 0.3 is 5.97 Å². The highest BCUT2D eigenvalue weighted by molar-refractivity contribution is 5.91. The molecule has 3 nitrogen and oxygen atoms in total. The maximum atomic E-state index is 11.4. The van der Waals surface area contributed by atoms with Crippen LogP contribution in [0.1, 0.15) is 46.0 Å². The van der Waals surface area contributed by atoms with Gasteiger partial charge in [0.2, 0.25) is 0 Å². The summed E-state index contributed by atoms with van der Waals surface area (Å²) in [6.07, 6.45) is 6.03. The number of ether oxygens (including phenoxy) is 1. The van der Waals surface area contributed by atoms with Crippen LogP contribution in [-0.4, -0.2) is 17.9 Å². The summed E-state index contributed by atoms with van der Waals surface area (Å²) >= 11 is 0. The molecule has 1 saturated carbocycles. The molecule has 0 heterocycles. The van der Waals surface area contributed by atoms with E-state index in [-0.39, 0.29) is 23.3 Å². The molecule has 2 aliphatic carbocycles. The summed E-state index contributed by atoms with van der Waals surface area (Å²) in [5.41, 5.74) is 1.08. The molecule has 0 amide bonds. The third kappa shape index (κ3) is 1.91. The van der Waals surface area contributed by atoms with Crippen LogP contribution < -0.4 is 0 Å². The van der Waals surface area contributed by atoms with Gasteiger partial charge in [-0.15, -0.1) is 0 Å². The summed E-state index contributed by atoms with van der Waals surface area (Å²) in [7, 11) is 0. The van der Waals surface area contributed by atoms with E-state index in [0.29, 0.717) is 6.42 Å². The predicted molar refractivity (Wildman–Crippen MR) is 59.8 cm³/mol. The van der Waals surface area contributed by atoms with Gasteiger partial charge in [-0.2, -0.15) is 0 Å². The smallest absolute Gasteiger partial charge is 0.302 e. The lowest BCUT2D eigenvalue weighted by molar-refractivity contribution is -0.154. The minimum absolute atomic E-state index is 0.0434. The van der Waals surface area contributed by atoms with Crippen molar-refractivity contribution >= 4 is 11.8 Å². The largest absolute Gasteiger partial charge is 0.462 e. The average Bonchev–Trinajstić information content (AvgIpc) is 2.20. The molecule has 0 aliphatic heterocycles. The second-order valence-corrected chi connectivity index (χ2v) is 5.04. The van der Waals surface area contributed by atoms with E-state index in [2.05, 4.69) is 6.92 Å². The SMILES string of the molecule is CC(=O)O[C@H]1CCCC2=CC(=O)CC[C@@]21C. The zero-order valence-corrected chi connectivity index (χ0v) is 9.91. The van der Waals surface area contributed by atoms with Gasteiger partial charge in [0.1, 0.15) is 6.10 Å². The molecule has 0 unspecified atom stereocenters. The summed E-state index contributed by atoms with van der Waals surface area (Å²) in [6.45, 7) is 3.58. The number of hydrogen-bond donors (Lipinski definition) is 0. The number of carbonyl (C=O) groups is 2. The van der Waals surface area contributed by atoms with Gasteiger partial charge in [-0.05, 0) is 31.8 Å². The van der Waals surface area contributed by atoms with E-state index in [1.165, 1.54) is 12.5 Å². The Hall–Kier alpha value is -1.12. The first-order valence-corrected chi connectivity index (χ1v) is 5.93. The van der Waals surface area contributed by atoms with E-state index >= 15 is 0 Å². The molecule has 1 fully saturated rings. The molecule has 2 atom stereocenters. The molecule has 0 aromatic rings. The van der Waals surface area contributed by atoms with Gasteiger partial charge in [-0.3, -0.25) is 9.59 Å². The van der Waals surface area contributed by atoms with E-state index in [0.717, 1.165) is 25.7 Å². The van der Waals surface area contributed by atoms with E-state index in [1.54, 1.807) is 6.08 Å². The molecular formula is C13H18O3. The van der Waals surface area contributed by atoms with Gasteiger partial charge < -0.3 is 4.74 Å². The molecule has 0 radical (unpaired) electrons. The number of rotatable bonds is 1. The zero-order chi connectivity index (χ0) is 11.8. The minimum atomic E-state index is -0.218. The van der Waals surface area contributed by atoms with Crippen molar-refractivity contribution in [1.82, 2.24) is 0 Å². The Morgan fingerprint density at radius 2 is 2.25 bits per heavy atom. The molecule has 88 valence electrons. The Morgan fingerprint density at radius 3 is 2.94 bits per heavy atom. The number of ketones is 1. The number of allylic oxidation sites excluding steroid dienone is 1. The first-order valence-electron chi connectivity index (χ1n) is 5.93. The maximum absolute atomic E-state index is 11.4. The summed E-state index contributed by atoms with van der Waals surface area (Å²) < 4.78 is 5.41. The lowest BCUT2D eigenvalue weighted by Crippen LogP contribution is -2.42. The molecule has 0 saturated heterocycles. The van der Waals surface area contributed by atoms with Crippen molar-refractivity contribution in [3.05, 3.63) is 11.6 Å². The maximum Gasteiger partial charge on any atom is 0.302 e. The van der Waals surface area contributed by atoms with Crippen molar-refractivity contribution in [3.8, 4) is 0 Å². The zero-order valence-electron chi connectivity index (χ0n) is 9.91. The van der Waals surface area contributed by atoms with Crippen LogP contribution in [0.15, 0.2) is 11.6 Å². The van der Waals surface area contributed by atoms with Gasteiger partial charge in [-0.25, -0.2) is 0 Å². The fourth-order valence-electron chi connectivity index (χ4n) is 2.89. The molecule has 0 bridgehead atoms. The fourth-order valence-corrected chi connectivity index (χ4v) is 2.89. The molecule has 2 rings (SSSR count). The van der Waals surface area contributed by atoms with Crippen molar-refractivity contribution in [2.45, 2.75) is 52.1 Å². The van der Waals surface area contributed by atoms with E-state index in [4.69, 9.17) is 4.74 Å². The Kier molecular flexibility index (Phi) is 2.87. The highest BCUT2D eigenvalue weighted by atomic mass is 16.5. The molecular weight excluding hydrogens is 204 g/mol. The molecule has 2 aliphatic rings.